The Morgan fingerprint density at radius 2 is 1.97 bits per heavy atom. The lowest BCUT2D eigenvalue weighted by molar-refractivity contribution is -0.122. The Balaban J connectivity index is 1.41. The maximum Gasteiger partial charge on any atom is 0.265 e. The Kier molecular flexibility index (Phi) is 7.12. The van der Waals surface area contributed by atoms with Gasteiger partial charge in [-0.15, -0.1) is 11.3 Å². The van der Waals surface area contributed by atoms with Crippen LogP contribution in [0, 0.1) is 6.92 Å². The highest BCUT2D eigenvalue weighted by Crippen LogP contribution is 2.29. The molecule has 1 aromatic carbocycles. The number of fused-ring (bicyclic) bond motifs is 1. The molecule has 1 aliphatic heterocycles. The van der Waals surface area contributed by atoms with E-state index in [0.717, 1.165) is 16.8 Å². The van der Waals surface area contributed by atoms with Gasteiger partial charge < -0.3 is 10.2 Å². The molecule has 5 rings (SSSR count). The Morgan fingerprint density at radius 1 is 1.11 bits per heavy atom. The molecule has 0 fully saturated rings. The summed E-state index contributed by atoms with van der Waals surface area (Å²) >= 11 is 7.85. The number of Topliss-reactive ketones (excluding diaryl/α,β-unsaturated/α-hetero) is 1. The van der Waals surface area contributed by atoms with Crippen molar-refractivity contribution in [3.05, 3.63) is 110 Å². The quantitative estimate of drug-likeness (QED) is 0.373. The summed E-state index contributed by atoms with van der Waals surface area (Å²) in [7, 11) is 0. The molecule has 1 aliphatic rings. The first-order chi connectivity index (χ1) is 17.9. The number of thiophene rings is 1. The number of aryl methyl sites for hydroxylation is 1. The molecular weight excluding hydrogens is 508 g/mol. The molecule has 0 spiro atoms. The van der Waals surface area contributed by atoms with Crippen LogP contribution in [0.2, 0.25) is 5.02 Å². The fourth-order valence-electron chi connectivity index (χ4n) is 4.36. The second-order valence-electron chi connectivity index (χ2n) is 8.88. The van der Waals surface area contributed by atoms with Crippen molar-refractivity contribution in [2.24, 2.45) is 0 Å². The highest BCUT2D eigenvalue weighted by Gasteiger charge is 2.36. The highest BCUT2D eigenvalue weighted by atomic mass is 35.5. The van der Waals surface area contributed by atoms with Crippen molar-refractivity contribution < 1.29 is 14.4 Å². The zero-order valence-corrected chi connectivity index (χ0v) is 21.6. The van der Waals surface area contributed by atoms with Crippen LogP contribution in [0.5, 0.6) is 0 Å². The van der Waals surface area contributed by atoms with Crippen LogP contribution in [0.4, 0.5) is 5.82 Å². The van der Waals surface area contributed by atoms with Crippen LogP contribution in [0.15, 0.2) is 72.4 Å². The van der Waals surface area contributed by atoms with Gasteiger partial charge in [-0.1, -0.05) is 23.7 Å². The normalized spacial score (nSPS) is 15.3. The summed E-state index contributed by atoms with van der Waals surface area (Å²) in [6.45, 7) is 2.08. The van der Waals surface area contributed by atoms with E-state index in [1.807, 2.05) is 42.6 Å². The molecule has 9 heteroatoms. The molecule has 186 valence electrons. The van der Waals surface area contributed by atoms with Crippen LogP contribution >= 0.6 is 22.9 Å². The summed E-state index contributed by atoms with van der Waals surface area (Å²) < 4.78 is 0. The number of nitrogens with one attached hydrogen (secondary N) is 1. The standard InChI is InChI=1S/C28H23ClN4O3S/c1-17-7-10-31-25(12-17)32-27(35)21-6-5-18(13-22(21)29)16-33-23(15-20-4-2-3-9-30-20)24(34)14-19-8-11-37-26(19)28(33)36/h2-13,23H,14-16H2,1H3,(H,31,32,35)/t23-/m1/s1. The van der Waals surface area contributed by atoms with Crippen LogP contribution in [-0.2, 0) is 24.2 Å². The van der Waals surface area contributed by atoms with Gasteiger partial charge in [0.25, 0.3) is 11.8 Å². The van der Waals surface area contributed by atoms with E-state index in [2.05, 4.69) is 15.3 Å². The van der Waals surface area contributed by atoms with E-state index in [4.69, 9.17) is 11.6 Å². The number of anilines is 1. The van der Waals surface area contributed by atoms with E-state index >= 15 is 0 Å². The topological polar surface area (TPSA) is 92.3 Å². The minimum Gasteiger partial charge on any atom is -0.323 e. The van der Waals surface area contributed by atoms with Gasteiger partial charge in [0.15, 0.2) is 5.78 Å². The molecule has 4 heterocycles. The predicted molar refractivity (Wildman–Crippen MR) is 143 cm³/mol. The van der Waals surface area contributed by atoms with Crippen LogP contribution in [0.3, 0.4) is 0 Å². The zero-order valence-electron chi connectivity index (χ0n) is 20.0. The summed E-state index contributed by atoms with van der Waals surface area (Å²) in [4.78, 5) is 50.4. The predicted octanol–water partition coefficient (Wildman–Crippen LogP) is 5.13. The van der Waals surface area contributed by atoms with Gasteiger partial charge in [0.1, 0.15) is 5.82 Å². The number of carbonyl (C=O) groups excluding carboxylic acids is 3. The maximum atomic E-state index is 13.6. The molecular formula is C28H23ClN4O3S. The van der Waals surface area contributed by atoms with Crippen LogP contribution in [0.1, 0.15) is 42.4 Å². The first-order valence-electron chi connectivity index (χ1n) is 11.7. The van der Waals surface area contributed by atoms with Gasteiger partial charge in [0.2, 0.25) is 0 Å². The summed E-state index contributed by atoms with van der Waals surface area (Å²) in [5.74, 6) is -0.181. The van der Waals surface area contributed by atoms with Gasteiger partial charge in [-0.3, -0.25) is 19.4 Å². The fraction of sp³-hybridized carbons (Fsp3) is 0.179. The number of ketones is 1. The average molecular weight is 531 g/mol. The molecule has 2 amide bonds. The number of pyridine rings is 2. The van der Waals surface area contributed by atoms with Crippen molar-refractivity contribution in [3.8, 4) is 0 Å². The molecule has 0 aliphatic carbocycles. The molecule has 0 radical (unpaired) electrons. The molecule has 0 unspecified atom stereocenters. The second kappa shape index (κ2) is 10.6. The molecule has 3 aromatic heterocycles. The van der Waals surface area contributed by atoms with Crippen LogP contribution in [-0.4, -0.2) is 38.5 Å². The highest BCUT2D eigenvalue weighted by molar-refractivity contribution is 7.12. The van der Waals surface area contributed by atoms with Crippen molar-refractivity contribution in [3.63, 3.8) is 0 Å². The lowest BCUT2D eigenvalue weighted by Crippen LogP contribution is -2.44. The Bertz CT molecular complexity index is 1490. The monoisotopic (exact) mass is 530 g/mol. The fourth-order valence-corrected chi connectivity index (χ4v) is 5.53. The first-order valence-corrected chi connectivity index (χ1v) is 13.0. The number of nitrogens with zero attached hydrogens (tertiary/aromatic N) is 3. The van der Waals surface area contributed by atoms with Gasteiger partial charge in [0, 0.05) is 37.5 Å². The number of halogens is 1. The van der Waals surface area contributed by atoms with Gasteiger partial charge in [0.05, 0.1) is 21.5 Å². The van der Waals surface area contributed by atoms with Crippen LogP contribution < -0.4 is 5.32 Å². The van der Waals surface area contributed by atoms with Crippen molar-refractivity contribution in [2.45, 2.75) is 32.4 Å². The molecule has 0 bridgehead atoms. The maximum absolute atomic E-state index is 13.6. The number of rotatable bonds is 6. The molecule has 1 atom stereocenters. The van der Waals surface area contributed by atoms with E-state index in [9.17, 15) is 14.4 Å². The van der Waals surface area contributed by atoms with Crippen molar-refractivity contribution in [1.82, 2.24) is 14.9 Å². The third kappa shape index (κ3) is 5.45. The van der Waals surface area contributed by atoms with Gasteiger partial charge in [-0.05, 0) is 71.5 Å². The van der Waals surface area contributed by atoms with Gasteiger partial charge >= 0.3 is 0 Å². The third-order valence-corrected chi connectivity index (χ3v) is 7.49. The summed E-state index contributed by atoms with van der Waals surface area (Å²) in [6, 6.07) is 15.3. The lowest BCUT2D eigenvalue weighted by atomic mass is 10.0. The number of carbonyl (C=O) groups is 3. The summed E-state index contributed by atoms with van der Waals surface area (Å²) in [5, 5.41) is 4.83. The van der Waals surface area contributed by atoms with E-state index in [1.54, 1.807) is 41.6 Å². The smallest absolute Gasteiger partial charge is 0.265 e. The van der Waals surface area contributed by atoms with E-state index in [1.165, 1.54) is 11.3 Å². The van der Waals surface area contributed by atoms with Crippen LogP contribution in [0.25, 0.3) is 0 Å². The molecule has 0 saturated heterocycles. The third-order valence-electron chi connectivity index (χ3n) is 6.23. The number of amides is 2. The first kappa shape index (κ1) is 24.8. The van der Waals surface area contributed by atoms with Crippen molar-refractivity contribution >= 4 is 46.4 Å². The Morgan fingerprint density at radius 3 is 2.73 bits per heavy atom. The number of benzene rings is 1. The van der Waals surface area contributed by atoms with E-state index in [0.29, 0.717) is 22.7 Å². The number of hydrogen-bond acceptors (Lipinski definition) is 6. The minimum atomic E-state index is -0.670. The van der Waals surface area contributed by atoms with E-state index in [-0.39, 0.29) is 41.1 Å². The Labute approximate surface area is 223 Å². The summed E-state index contributed by atoms with van der Waals surface area (Å²) in [6.07, 6.45) is 3.81. The SMILES string of the molecule is Cc1ccnc(NC(=O)c2ccc(CN3C(=O)c4sccc4CC(=O)[C@H]3Cc3ccccn3)cc2Cl)c1. The zero-order chi connectivity index (χ0) is 25.9. The van der Waals surface area contributed by atoms with Crippen molar-refractivity contribution in [2.75, 3.05) is 5.32 Å². The number of hydrogen-bond donors (Lipinski definition) is 1. The largest absolute Gasteiger partial charge is 0.323 e. The van der Waals surface area contributed by atoms with Gasteiger partial charge in [-0.25, -0.2) is 4.98 Å². The molecule has 0 saturated carbocycles. The second-order valence-corrected chi connectivity index (χ2v) is 10.2. The average Bonchev–Trinajstić information content (AvgIpc) is 3.31. The lowest BCUT2D eigenvalue weighted by Gasteiger charge is -2.29. The summed E-state index contributed by atoms with van der Waals surface area (Å²) in [5.41, 5.74) is 3.46. The molecule has 7 nitrogen and oxygen atoms in total. The molecule has 1 N–H and O–H groups in total. The minimum absolute atomic E-state index is 0.0381. The number of aromatic nitrogens is 2. The van der Waals surface area contributed by atoms with Gasteiger partial charge in [-0.2, -0.15) is 0 Å². The van der Waals surface area contributed by atoms with E-state index < -0.39 is 6.04 Å². The molecule has 4 aromatic rings. The molecule has 37 heavy (non-hydrogen) atoms. The Hall–Kier alpha value is -3.88. The van der Waals surface area contributed by atoms with Crippen molar-refractivity contribution in [1.29, 1.82) is 0 Å².